The Kier molecular flexibility index (Phi) is 5.64. The van der Waals surface area contributed by atoms with Gasteiger partial charge in [-0.05, 0) is 51.7 Å². The molecule has 0 bridgehead atoms. The Hall–Kier alpha value is -0.640. The van der Waals surface area contributed by atoms with Crippen molar-refractivity contribution in [3.63, 3.8) is 0 Å². The first kappa shape index (κ1) is 16.7. The van der Waals surface area contributed by atoms with Crippen LogP contribution in [0.3, 0.4) is 0 Å². The molecule has 7 heteroatoms. The quantitative estimate of drug-likeness (QED) is 0.680. The van der Waals surface area contributed by atoms with Crippen molar-refractivity contribution in [3.05, 3.63) is 44.8 Å². The van der Waals surface area contributed by atoms with E-state index in [1.54, 1.807) is 12.1 Å². The Labute approximate surface area is 143 Å². The van der Waals surface area contributed by atoms with E-state index in [2.05, 4.69) is 46.5 Å². The highest BCUT2D eigenvalue weighted by molar-refractivity contribution is 14.1. The molecular formula is C14H17IN2O2S2. The summed E-state index contributed by atoms with van der Waals surface area (Å²) in [5.41, 5.74) is 1.59. The number of rotatable bonds is 6. The molecule has 0 aliphatic rings. The van der Waals surface area contributed by atoms with Gasteiger partial charge in [0.2, 0.25) is 0 Å². The first-order chi connectivity index (χ1) is 9.88. The summed E-state index contributed by atoms with van der Waals surface area (Å²) in [4.78, 5) is 0. The number of nitrogens with one attached hydrogen (secondary N) is 2. The van der Waals surface area contributed by atoms with Crippen molar-refractivity contribution in [2.45, 2.75) is 30.6 Å². The van der Waals surface area contributed by atoms with Crippen molar-refractivity contribution in [2.24, 2.45) is 0 Å². The number of halogens is 1. The Morgan fingerprint density at radius 3 is 2.67 bits per heavy atom. The van der Waals surface area contributed by atoms with E-state index in [1.165, 1.54) is 11.3 Å². The van der Waals surface area contributed by atoms with E-state index in [0.29, 0.717) is 22.5 Å². The molecule has 114 valence electrons. The normalized spacial score (nSPS) is 11.8. The molecular weight excluding hydrogens is 419 g/mol. The van der Waals surface area contributed by atoms with Crippen LogP contribution >= 0.6 is 33.9 Å². The van der Waals surface area contributed by atoms with Crippen LogP contribution in [0, 0.1) is 3.57 Å². The molecule has 0 radical (unpaired) electrons. The molecule has 0 spiro atoms. The van der Waals surface area contributed by atoms with E-state index in [-0.39, 0.29) is 0 Å². The lowest BCUT2D eigenvalue weighted by Crippen LogP contribution is -2.21. The molecule has 0 aliphatic heterocycles. The van der Waals surface area contributed by atoms with Crippen LogP contribution in [0.15, 0.2) is 39.9 Å². The number of anilines is 1. The van der Waals surface area contributed by atoms with Gasteiger partial charge in [-0.15, -0.1) is 11.3 Å². The maximum absolute atomic E-state index is 12.4. The zero-order chi connectivity index (χ0) is 15.5. The highest BCUT2D eigenvalue weighted by Gasteiger charge is 2.18. The van der Waals surface area contributed by atoms with E-state index < -0.39 is 10.0 Å². The molecule has 0 fully saturated rings. The number of sulfonamides is 1. The standard InChI is InChI=1S/C14H17IN2O2S2/c1-10(2)16-8-11-7-14(20-9-11)21(18,19)17-13-6-4-3-5-12(13)15/h3-7,9-10,16-17H,8H2,1-2H3. The fraction of sp³-hybridized carbons (Fsp3) is 0.286. The average molecular weight is 436 g/mol. The zero-order valence-electron chi connectivity index (χ0n) is 11.8. The zero-order valence-corrected chi connectivity index (χ0v) is 15.6. The summed E-state index contributed by atoms with van der Waals surface area (Å²) in [6.45, 7) is 4.79. The Morgan fingerprint density at radius 2 is 2.00 bits per heavy atom. The molecule has 2 rings (SSSR count). The summed E-state index contributed by atoms with van der Waals surface area (Å²) in [5.74, 6) is 0. The summed E-state index contributed by atoms with van der Waals surface area (Å²) in [7, 11) is -3.52. The molecule has 0 aliphatic carbocycles. The van der Waals surface area contributed by atoms with Crippen LogP contribution in [0.1, 0.15) is 19.4 Å². The molecule has 2 N–H and O–H groups in total. The SMILES string of the molecule is CC(C)NCc1csc(S(=O)(=O)Nc2ccccc2I)c1. The molecule has 21 heavy (non-hydrogen) atoms. The Bertz CT molecular complexity index is 711. The summed E-state index contributed by atoms with van der Waals surface area (Å²) in [5, 5.41) is 5.15. The molecule has 1 aromatic heterocycles. The first-order valence-corrected chi connectivity index (χ1v) is 9.91. The van der Waals surface area contributed by atoms with E-state index in [9.17, 15) is 8.42 Å². The van der Waals surface area contributed by atoms with Gasteiger partial charge in [-0.1, -0.05) is 26.0 Å². The fourth-order valence-electron chi connectivity index (χ4n) is 1.65. The second kappa shape index (κ2) is 7.08. The van der Waals surface area contributed by atoms with Crippen molar-refractivity contribution >= 4 is 49.6 Å². The number of hydrogen-bond donors (Lipinski definition) is 2. The van der Waals surface area contributed by atoms with Gasteiger partial charge >= 0.3 is 0 Å². The minimum Gasteiger partial charge on any atom is -0.310 e. The van der Waals surface area contributed by atoms with Gasteiger partial charge in [0.05, 0.1) is 5.69 Å². The van der Waals surface area contributed by atoms with Crippen LogP contribution in [0.5, 0.6) is 0 Å². The van der Waals surface area contributed by atoms with Gasteiger partial charge in [0, 0.05) is 16.2 Å². The molecule has 0 saturated heterocycles. The molecule has 0 amide bonds. The maximum Gasteiger partial charge on any atom is 0.271 e. The number of hydrogen-bond acceptors (Lipinski definition) is 4. The monoisotopic (exact) mass is 436 g/mol. The number of para-hydroxylation sites is 1. The van der Waals surface area contributed by atoms with Crippen molar-refractivity contribution in [2.75, 3.05) is 4.72 Å². The van der Waals surface area contributed by atoms with Gasteiger partial charge in [0.1, 0.15) is 4.21 Å². The molecule has 0 saturated carbocycles. The minimum atomic E-state index is -3.52. The number of benzene rings is 1. The van der Waals surface area contributed by atoms with Crippen LogP contribution in [0.4, 0.5) is 5.69 Å². The molecule has 2 aromatic rings. The summed E-state index contributed by atoms with van der Waals surface area (Å²) < 4.78 is 28.6. The first-order valence-electron chi connectivity index (χ1n) is 6.46. The number of thiophene rings is 1. The average Bonchev–Trinajstić information content (AvgIpc) is 2.88. The second-order valence-electron chi connectivity index (χ2n) is 4.89. The molecule has 0 unspecified atom stereocenters. The topological polar surface area (TPSA) is 58.2 Å². The highest BCUT2D eigenvalue weighted by Crippen LogP contribution is 2.25. The van der Waals surface area contributed by atoms with Crippen LogP contribution in [-0.2, 0) is 16.6 Å². The third kappa shape index (κ3) is 4.67. The smallest absolute Gasteiger partial charge is 0.271 e. The molecule has 4 nitrogen and oxygen atoms in total. The van der Waals surface area contributed by atoms with E-state index in [1.807, 2.05) is 23.6 Å². The fourth-order valence-corrected chi connectivity index (χ4v) is 4.64. The van der Waals surface area contributed by atoms with Crippen LogP contribution in [0.25, 0.3) is 0 Å². The van der Waals surface area contributed by atoms with Gasteiger partial charge in [-0.2, -0.15) is 0 Å². The summed E-state index contributed by atoms with van der Waals surface area (Å²) in [6, 6.07) is 9.40. The lowest BCUT2D eigenvalue weighted by Gasteiger charge is -2.08. The largest absolute Gasteiger partial charge is 0.310 e. The van der Waals surface area contributed by atoms with E-state index >= 15 is 0 Å². The summed E-state index contributed by atoms with van der Waals surface area (Å²) >= 11 is 3.35. The highest BCUT2D eigenvalue weighted by atomic mass is 127. The summed E-state index contributed by atoms with van der Waals surface area (Å²) in [6.07, 6.45) is 0. The third-order valence-corrected chi connectivity index (χ3v) is 6.52. The van der Waals surface area contributed by atoms with Gasteiger partial charge in [-0.25, -0.2) is 8.42 Å². The van der Waals surface area contributed by atoms with Gasteiger partial charge in [0.25, 0.3) is 10.0 Å². The minimum absolute atomic E-state index is 0.336. The predicted octanol–water partition coefficient (Wildman–Crippen LogP) is 3.65. The van der Waals surface area contributed by atoms with Gasteiger partial charge < -0.3 is 5.32 Å². The van der Waals surface area contributed by atoms with Gasteiger partial charge in [0.15, 0.2) is 0 Å². The predicted molar refractivity (Wildman–Crippen MR) is 96.3 cm³/mol. The molecule has 1 heterocycles. The van der Waals surface area contributed by atoms with E-state index in [0.717, 1.165) is 9.13 Å². The van der Waals surface area contributed by atoms with Gasteiger partial charge in [-0.3, -0.25) is 4.72 Å². The lowest BCUT2D eigenvalue weighted by molar-refractivity contribution is 0.589. The van der Waals surface area contributed by atoms with Crippen LogP contribution < -0.4 is 10.0 Å². The maximum atomic E-state index is 12.4. The lowest BCUT2D eigenvalue weighted by atomic mass is 10.3. The van der Waals surface area contributed by atoms with Crippen molar-refractivity contribution in [1.82, 2.24) is 5.32 Å². The van der Waals surface area contributed by atoms with Crippen molar-refractivity contribution in [1.29, 1.82) is 0 Å². The Morgan fingerprint density at radius 1 is 1.29 bits per heavy atom. The van der Waals surface area contributed by atoms with Crippen LogP contribution in [0.2, 0.25) is 0 Å². The second-order valence-corrected chi connectivity index (χ2v) is 8.88. The van der Waals surface area contributed by atoms with Crippen LogP contribution in [-0.4, -0.2) is 14.5 Å². The Balaban J connectivity index is 2.15. The van der Waals surface area contributed by atoms with Crippen molar-refractivity contribution < 1.29 is 8.42 Å². The molecule has 0 atom stereocenters. The van der Waals surface area contributed by atoms with E-state index in [4.69, 9.17) is 0 Å². The third-order valence-electron chi connectivity index (χ3n) is 2.73. The molecule has 1 aromatic carbocycles. The van der Waals surface area contributed by atoms with Crippen molar-refractivity contribution in [3.8, 4) is 0 Å².